The Bertz CT molecular complexity index is 1620. The third kappa shape index (κ3) is 5.46. The number of pyridine rings is 1. The Balaban J connectivity index is 1.53. The van der Waals surface area contributed by atoms with Crippen LogP contribution < -0.4 is 14.4 Å². The Morgan fingerprint density at radius 3 is 2.67 bits per heavy atom. The monoisotopic (exact) mass is 576 g/mol. The van der Waals surface area contributed by atoms with Gasteiger partial charge in [-0.15, -0.1) is 0 Å². The second-order valence-electron chi connectivity index (χ2n) is 11.9. The first-order valence-electron chi connectivity index (χ1n) is 14.5. The van der Waals surface area contributed by atoms with E-state index in [1.807, 2.05) is 29.2 Å². The van der Waals surface area contributed by atoms with Gasteiger partial charge in [-0.25, -0.2) is 4.39 Å². The van der Waals surface area contributed by atoms with Crippen molar-refractivity contribution in [3.05, 3.63) is 47.9 Å². The summed E-state index contributed by atoms with van der Waals surface area (Å²) < 4.78 is 33.6. The molecule has 2 fully saturated rings. The molecule has 4 aromatic rings. The lowest BCUT2D eigenvalue weighted by Gasteiger charge is -2.37. The molecule has 1 aliphatic heterocycles. The van der Waals surface area contributed by atoms with Crippen LogP contribution in [0, 0.1) is 11.2 Å². The molecule has 10 heteroatoms. The quantitative estimate of drug-likeness (QED) is 0.251. The van der Waals surface area contributed by atoms with Crippen molar-refractivity contribution in [2.45, 2.75) is 51.6 Å². The van der Waals surface area contributed by atoms with Crippen LogP contribution in [0.3, 0.4) is 0 Å². The summed E-state index contributed by atoms with van der Waals surface area (Å²) in [6.45, 7) is 5.16. The van der Waals surface area contributed by atoms with E-state index < -0.39 is 11.4 Å². The summed E-state index contributed by atoms with van der Waals surface area (Å²) in [5.74, 6) is 0.415. The first-order valence-corrected chi connectivity index (χ1v) is 14.5. The molecule has 2 aromatic carbocycles. The van der Waals surface area contributed by atoms with Gasteiger partial charge in [0.2, 0.25) is 0 Å². The SMILES string of the molecule is CCc1cccc2cc(OCOC)cc(-c3ncc4c(N5CCC[C@@](C)(O)C5)nc(OCC5(CO)CC5)nc4c3F)c12. The van der Waals surface area contributed by atoms with Crippen LogP contribution in [0.25, 0.3) is 32.9 Å². The van der Waals surface area contributed by atoms with E-state index in [4.69, 9.17) is 14.2 Å². The van der Waals surface area contributed by atoms with Crippen LogP contribution in [0.2, 0.25) is 0 Å². The van der Waals surface area contributed by atoms with Crippen molar-refractivity contribution < 1.29 is 28.8 Å². The lowest BCUT2D eigenvalue weighted by molar-refractivity contribution is 0.0447. The molecule has 2 aliphatic rings. The standard InChI is InChI=1S/C32H37FN4O5/c1-4-20-7-5-8-21-13-22(42-19-40-3)14-23(25(20)21)27-26(33)28-24(15-34-27)29(37-12-6-9-31(2,39)16-37)36-30(35-28)41-18-32(17-38)10-11-32/h5,7-8,13-15,38-39H,4,6,9-12,16-19H2,1-3H3/t31-/m1/s1. The zero-order chi connectivity index (χ0) is 29.5. The van der Waals surface area contributed by atoms with E-state index in [2.05, 4.69) is 21.9 Å². The lowest BCUT2D eigenvalue weighted by atomic mass is 9.94. The highest BCUT2D eigenvalue weighted by molar-refractivity contribution is 6.01. The molecule has 0 unspecified atom stereocenters. The summed E-state index contributed by atoms with van der Waals surface area (Å²) in [5, 5.41) is 22.9. The maximum atomic E-state index is 16.8. The maximum Gasteiger partial charge on any atom is 0.319 e. The third-order valence-corrected chi connectivity index (χ3v) is 8.43. The van der Waals surface area contributed by atoms with E-state index in [9.17, 15) is 10.2 Å². The van der Waals surface area contributed by atoms with Crippen molar-refractivity contribution in [1.29, 1.82) is 0 Å². The number of aromatic nitrogens is 3. The van der Waals surface area contributed by atoms with Crippen LogP contribution in [0.15, 0.2) is 36.5 Å². The zero-order valence-electron chi connectivity index (χ0n) is 24.3. The van der Waals surface area contributed by atoms with E-state index in [-0.39, 0.29) is 42.6 Å². The molecule has 0 amide bonds. The third-order valence-electron chi connectivity index (χ3n) is 8.43. The first kappa shape index (κ1) is 28.5. The number of halogens is 1. The molecule has 0 spiro atoms. The maximum absolute atomic E-state index is 16.8. The number of piperidine rings is 1. The van der Waals surface area contributed by atoms with Crippen LogP contribution >= 0.6 is 0 Å². The second kappa shape index (κ2) is 11.2. The van der Waals surface area contributed by atoms with Gasteiger partial charge >= 0.3 is 6.01 Å². The van der Waals surface area contributed by atoms with Crippen LogP contribution in [-0.2, 0) is 11.2 Å². The smallest absolute Gasteiger partial charge is 0.319 e. The Morgan fingerprint density at radius 2 is 1.95 bits per heavy atom. The number of benzene rings is 2. The zero-order valence-corrected chi connectivity index (χ0v) is 24.3. The molecule has 2 N–H and O–H groups in total. The van der Waals surface area contributed by atoms with E-state index in [1.165, 1.54) is 0 Å². The summed E-state index contributed by atoms with van der Waals surface area (Å²) in [6, 6.07) is 9.72. The summed E-state index contributed by atoms with van der Waals surface area (Å²) in [5.41, 5.74) is 0.680. The molecule has 1 saturated carbocycles. The number of β-amino-alcohol motifs (C(OH)–C–C–N with tert-alkyl or cyclic N) is 1. The predicted molar refractivity (Wildman–Crippen MR) is 158 cm³/mol. The summed E-state index contributed by atoms with van der Waals surface area (Å²) in [4.78, 5) is 15.8. The molecular formula is C32H37FN4O5. The van der Waals surface area contributed by atoms with E-state index >= 15 is 4.39 Å². The van der Waals surface area contributed by atoms with Gasteiger partial charge in [0.25, 0.3) is 0 Å². The first-order chi connectivity index (χ1) is 20.3. The fraction of sp³-hybridized carbons (Fsp3) is 0.469. The Labute approximate surface area is 244 Å². The second-order valence-corrected chi connectivity index (χ2v) is 11.9. The molecule has 1 saturated heterocycles. The Hall–Kier alpha value is -3.60. The van der Waals surface area contributed by atoms with Gasteiger partial charge in [-0.3, -0.25) is 4.98 Å². The van der Waals surface area contributed by atoms with E-state index in [1.54, 1.807) is 26.3 Å². The largest absolute Gasteiger partial charge is 0.468 e. The molecule has 222 valence electrons. The number of aliphatic hydroxyl groups is 2. The summed E-state index contributed by atoms with van der Waals surface area (Å²) in [6.07, 6.45) is 5.50. The van der Waals surface area contributed by atoms with Gasteiger partial charge in [0.15, 0.2) is 12.6 Å². The number of hydrogen-bond acceptors (Lipinski definition) is 9. The molecule has 0 radical (unpaired) electrons. The van der Waals surface area contributed by atoms with Crippen molar-refractivity contribution in [2.75, 3.05) is 45.1 Å². The summed E-state index contributed by atoms with van der Waals surface area (Å²) >= 11 is 0. The average Bonchev–Trinajstić information content (AvgIpc) is 3.78. The molecule has 9 nitrogen and oxygen atoms in total. The van der Waals surface area contributed by atoms with Gasteiger partial charge in [-0.2, -0.15) is 9.97 Å². The number of aliphatic hydroxyl groups excluding tert-OH is 1. The van der Waals surface area contributed by atoms with Gasteiger partial charge in [-0.1, -0.05) is 25.1 Å². The molecule has 0 bridgehead atoms. The van der Waals surface area contributed by atoms with Crippen molar-refractivity contribution in [1.82, 2.24) is 15.0 Å². The molecule has 3 heterocycles. The lowest BCUT2D eigenvalue weighted by Crippen LogP contribution is -2.46. The summed E-state index contributed by atoms with van der Waals surface area (Å²) in [7, 11) is 1.55. The number of anilines is 1. The number of ether oxygens (including phenoxy) is 3. The van der Waals surface area contributed by atoms with Crippen LogP contribution in [0.5, 0.6) is 11.8 Å². The number of hydrogen-bond donors (Lipinski definition) is 2. The van der Waals surface area contributed by atoms with Crippen LogP contribution in [-0.4, -0.2) is 71.0 Å². The molecule has 6 rings (SSSR count). The molecule has 1 atom stereocenters. The van der Waals surface area contributed by atoms with Crippen molar-refractivity contribution in [3.8, 4) is 23.0 Å². The van der Waals surface area contributed by atoms with Crippen molar-refractivity contribution >= 4 is 27.5 Å². The van der Waals surface area contributed by atoms with Crippen molar-refractivity contribution in [2.24, 2.45) is 5.41 Å². The van der Waals surface area contributed by atoms with Gasteiger partial charge in [0, 0.05) is 37.4 Å². The van der Waals surface area contributed by atoms with Crippen molar-refractivity contribution in [3.63, 3.8) is 0 Å². The molecular weight excluding hydrogens is 539 g/mol. The number of fused-ring (bicyclic) bond motifs is 2. The van der Waals surface area contributed by atoms with Gasteiger partial charge in [0.05, 0.1) is 24.2 Å². The normalized spacial score (nSPS) is 19.8. The fourth-order valence-electron chi connectivity index (χ4n) is 5.83. The number of rotatable bonds is 10. The Kier molecular flexibility index (Phi) is 7.63. The van der Waals surface area contributed by atoms with Gasteiger partial charge in [0.1, 0.15) is 22.8 Å². The van der Waals surface area contributed by atoms with Gasteiger partial charge in [-0.05, 0) is 67.5 Å². The topological polar surface area (TPSA) is 110 Å². The highest BCUT2D eigenvalue weighted by atomic mass is 19.1. The van der Waals surface area contributed by atoms with Crippen LogP contribution in [0.4, 0.5) is 10.2 Å². The minimum absolute atomic E-state index is 0.0131. The minimum Gasteiger partial charge on any atom is -0.468 e. The molecule has 1 aliphatic carbocycles. The van der Waals surface area contributed by atoms with E-state index in [0.717, 1.165) is 42.0 Å². The molecule has 2 aromatic heterocycles. The number of methoxy groups -OCH3 is 1. The number of nitrogens with zero attached hydrogens (tertiary/aromatic N) is 4. The minimum atomic E-state index is -0.907. The highest BCUT2D eigenvalue weighted by Gasteiger charge is 2.43. The molecule has 42 heavy (non-hydrogen) atoms. The van der Waals surface area contributed by atoms with Crippen LogP contribution in [0.1, 0.15) is 45.1 Å². The average molecular weight is 577 g/mol. The predicted octanol–water partition coefficient (Wildman–Crippen LogP) is 5.03. The highest BCUT2D eigenvalue weighted by Crippen LogP contribution is 2.45. The Morgan fingerprint density at radius 1 is 1.12 bits per heavy atom. The number of aryl methyl sites for hydroxylation is 1. The van der Waals surface area contributed by atoms with Gasteiger partial charge < -0.3 is 29.3 Å². The fourth-order valence-corrected chi connectivity index (χ4v) is 5.83. The van der Waals surface area contributed by atoms with E-state index in [0.29, 0.717) is 42.0 Å².